The van der Waals surface area contributed by atoms with Crippen molar-refractivity contribution in [2.24, 2.45) is 5.73 Å². The highest BCUT2D eigenvalue weighted by Gasteiger charge is 2.46. The summed E-state index contributed by atoms with van der Waals surface area (Å²) in [7, 11) is 1.75. The fraction of sp³-hybridized carbons (Fsp3) is 0.689. The van der Waals surface area contributed by atoms with Crippen molar-refractivity contribution in [1.29, 1.82) is 0 Å². The van der Waals surface area contributed by atoms with Gasteiger partial charge in [0.05, 0.1) is 65.1 Å². The van der Waals surface area contributed by atoms with Crippen molar-refractivity contribution in [2.75, 3.05) is 156 Å². The molecule has 4 fully saturated rings. The van der Waals surface area contributed by atoms with E-state index in [0.29, 0.717) is 63.9 Å². The zero-order valence-electron chi connectivity index (χ0n) is 66.7. The van der Waals surface area contributed by atoms with Gasteiger partial charge in [-0.25, -0.2) is 0 Å². The zero-order chi connectivity index (χ0) is 86.6. The van der Waals surface area contributed by atoms with Gasteiger partial charge in [-0.15, -0.1) is 0 Å². The van der Waals surface area contributed by atoms with Crippen LogP contribution >= 0.6 is 21.6 Å². The predicted octanol–water partition coefficient (Wildman–Crippen LogP) is -5.29. The number of amides is 12. The second kappa shape index (κ2) is 53.9. The van der Waals surface area contributed by atoms with Crippen LogP contribution in [0.1, 0.15) is 109 Å². The van der Waals surface area contributed by atoms with Gasteiger partial charge in [-0.2, -0.15) is 0 Å². The van der Waals surface area contributed by atoms with Crippen molar-refractivity contribution in [3.63, 3.8) is 0 Å². The van der Waals surface area contributed by atoms with Crippen LogP contribution in [-0.4, -0.2) is 377 Å². The number of nitrogens with one attached hydrogen (secondary N) is 9. The summed E-state index contributed by atoms with van der Waals surface area (Å²) in [5.41, 5.74) is 5.93. The highest BCUT2D eigenvalue weighted by molar-refractivity contribution is 8.76. The van der Waals surface area contributed by atoms with Gasteiger partial charge in [0, 0.05) is 129 Å². The highest BCUT2D eigenvalue weighted by atomic mass is 33.1. The Bertz CT molecular complexity index is 3490. The number of hydrogen-bond acceptors (Lipinski definition) is 27. The minimum atomic E-state index is -1.82. The fourth-order valence-corrected chi connectivity index (χ4v) is 15.5. The third-order valence-corrected chi connectivity index (χ3v) is 21.9. The lowest BCUT2D eigenvalue weighted by molar-refractivity contribution is -0.148. The quantitative estimate of drug-likeness (QED) is 0.0215. The van der Waals surface area contributed by atoms with Crippen LogP contribution in [0.5, 0.6) is 0 Å². The van der Waals surface area contributed by atoms with Crippen LogP contribution in [0, 0.1) is 0 Å². The molecule has 0 spiro atoms. The van der Waals surface area contributed by atoms with Gasteiger partial charge in [-0.05, 0) is 63.9 Å². The summed E-state index contributed by atoms with van der Waals surface area (Å²) in [6.07, 6.45) is -2.19. The van der Waals surface area contributed by atoms with Gasteiger partial charge < -0.3 is 108 Å². The maximum Gasteiger partial charge on any atom is 0.317 e. The summed E-state index contributed by atoms with van der Waals surface area (Å²) in [5, 5.41) is 81.8. The number of carboxylic acids is 5. The monoisotopic (exact) mass is 1710 g/mol. The first-order valence-electron chi connectivity index (χ1n) is 39.6. The Balaban J connectivity index is 1.16. The molecular formula is C74H116N16O26S2. The van der Waals surface area contributed by atoms with Gasteiger partial charge in [0.1, 0.15) is 54.4 Å². The second-order valence-corrected chi connectivity index (χ2v) is 31.4. The number of nitrogens with zero attached hydrogens (tertiary/aromatic N) is 6. The van der Waals surface area contributed by atoms with Crippen LogP contribution in [0.25, 0.3) is 0 Å². The van der Waals surface area contributed by atoms with E-state index >= 15 is 4.79 Å². The molecule has 0 aliphatic carbocycles. The van der Waals surface area contributed by atoms with Crippen LogP contribution in [0.15, 0.2) is 30.3 Å². The summed E-state index contributed by atoms with van der Waals surface area (Å²) < 4.78 is 16.9. The SMILES string of the molecule is CCCC[C@H](NC(=O)CCC(=O)NCCCOCCOCCOCCCNC(=O)CN1CCN(CC(=O)O)CCN(CC(=O)O)CCN(CC(=O)O)CC1)C(=O)N[C@H]1CSSC[C@@H](C(=O)N[C@@H](CC(=O)O)C(N)=O)NC(=O)[C@H](Cc2ccccc2)NC(=O)[C@H](CCC(=O)O)NC(=O)[C@H]([C@@H](C)O)NC(=O)[C@@H]2CCCN2C(=O)[C@@H]2CCCN2C1=O. The normalized spacial score (nSPS) is 21.9. The fourth-order valence-electron chi connectivity index (χ4n) is 13.2. The molecule has 4 heterocycles. The first-order valence-corrected chi connectivity index (χ1v) is 42.0. The predicted molar refractivity (Wildman–Crippen MR) is 423 cm³/mol. The molecule has 42 nitrogen and oxygen atoms in total. The Kier molecular flexibility index (Phi) is 45.3. The lowest BCUT2D eigenvalue weighted by atomic mass is 10.0. The van der Waals surface area contributed by atoms with E-state index in [1.54, 1.807) is 45.0 Å². The van der Waals surface area contributed by atoms with Crippen molar-refractivity contribution in [2.45, 2.75) is 171 Å². The molecule has 0 radical (unpaired) electrons. The summed E-state index contributed by atoms with van der Waals surface area (Å²) in [6.45, 7) is 6.34. The molecule has 17 N–H and O–H groups in total. The first-order chi connectivity index (χ1) is 56.3. The maximum atomic E-state index is 15.1. The molecule has 5 rings (SSSR count). The van der Waals surface area contributed by atoms with Crippen molar-refractivity contribution < 1.29 is 126 Å². The van der Waals surface area contributed by atoms with Gasteiger partial charge in [0.2, 0.25) is 70.9 Å². The van der Waals surface area contributed by atoms with Gasteiger partial charge in [0.15, 0.2) is 0 Å². The number of aliphatic hydroxyl groups is 1. The Hall–Kier alpha value is -9.41. The number of aliphatic hydroxyl groups excluding tert-OH is 1. The molecule has 0 bridgehead atoms. The Morgan fingerprint density at radius 3 is 1.55 bits per heavy atom. The van der Waals surface area contributed by atoms with E-state index in [0.717, 1.165) is 28.5 Å². The standard InChI is InChI=1S/C74H116N16O26S2/c1-3-4-14-49(78-58(93)19-18-57(92)76-21-10-33-114-35-37-116-38-36-115-34-11-22-77-59(94)41-85-25-27-86(42-62(99)100)29-31-88(44-64(103)104)32-30-87(28-26-85)43-63(101)102)67(106)83-54-46-118-117-45-53(70(109)80-51(66(75)105)40-61(97)98)82-69(108)52(39-48-12-6-5-7-13-48)81-68(107)50(17-20-60(95)96)79-72(111)65(47(2)91)84-71(110)55-15-8-23-89(55)74(113)56-16-9-24-90(56)73(54)112/h5-7,12-13,47,49-56,65,91H,3-4,8-11,14-46H2,1-2H3,(H2,75,105)(H,76,92)(H,77,94)(H,78,93)(H,79,111)(H,80,109)(H,81,107)(H,82,108)(H,83,106)(H,84,110)(H,95,96)(H,97,98)(H,99,100)(H,101,102)(H,103,104)/t47-,49+,50+,51+,52+,53+,54+,55+,56+,65+/m1/s1. The Morgan fingerprint density at radius 1 is 0.525 bits per heavy atom. The molecule has 1 aromatic rings. The van der Waals surface area contributed by atoms with Gasteiger partial charge in [-0.1, -0.05) is 71.7 Å². The molecule has 4 saturated heterocycles. The number of primary amides is 1. The van der Waals surface area contributed by atoms with Gasteiger partial charge >= 0.3 is 29.8 Å². The molecule has 12 amide bonds. The zero-order valence-corrected chi connectivity index (χ0v) is 68.3. The number of carbonyl (C=O) groups excluding carboxylic acids is 12. The van der Waals surface area contributed by atoms with Gasteiger partial charge in [0.25, 0.3) is 0 Å². The molecule has 0 saturated carbocycles. The molecule has 0 aromatic heterocycles. The van der Waals surface area contributed by atoms with E-state index in [4.69, 9.17) is 19.9 Å². The van der Waals surface area contributed by atoms with Crippen LogP contribution in [0.3, 0.4) is 0 Å². The number of nitrogens with two attached hydrogens (primary N) is 1. The molecule has 4 aliphatic rings. The second-order valence-electron chi connectivity index (χ2n) is 28.9. The number of carboxylic acid groups (broad SMARTS) is 5. The van der Waals surface area contributed by atoms with Crippen molar-refractivity contribution in [3.8, 4) is 0 Å². The summed E-state index contributed by atoms with van der Waals surface area (Å²) in [6, 6.07) is -5.86. The lowest BCUT2D eigenvalue weighted by Crippen LogP contribution is -2.62. The van der Waals surface area contributed by atoms with Crippen LogP contribution in [0.2, 0.25) is 0 Å². The number of ether oxygens (including phenoxy) is 3. The first kappa shape index (κ1) is 99.2. The van der Waals surface area contributed by atoms with E-state index < -0.39 is 180 Å². The number of fused-ring (bicyclic) bond motifs is 2. The van der Waals surface area contributed by atoms with Crippen LogP contribution in [0.4, 0.5) is 0 Å². The molecule has 1 aromatic carbocycles. The third-order valence-electron chi connectivity index (χ3n) is 19.5. The summed E-state index contributed by atoms with van der Waals surface area (Å²) >= 11 is 0. The van der Waals surface area contributed by atoms with E-state index in [9.17, 15) is 107 Å². The molecule has 10 atom stereocenters. The van der Waals surface area contributed by atoms with E-state index in [2.05, 4.69) is 47.9 Å². The number of aliphatic carboxylic acids is 5. The average molecular weight is 1710 g/mol. The molecular weight excluding hydrogens is 1590 g/mol. The number of benzene rings is 1. The Labute approximate surface area is 691 Å². The number of hydrogen-bond donors (Lipinski definition) is 16. The van der Waals surface area contributed by atoms with Gasteiger partial charge in [-0.3, -0.25) is 101 Å². The van der Waals surface area contributed by atoms with E-state index in [1.165, 1.54) is 9.80 Å². The number of carbonyl (C=O) groups is 17. The maximum absolute atomic E-state index is 15.1. The molecule has 0 unspecified atom stereocenters. The largest absolute Gasteiger partial charge is 0.481 e. The summed E-state index contributed by atoms with van der Waals surface area (Å²) in [5.74, 6) is -17.2. The smallest absolute Gasteiger partial charge is 0.317 e. The molecule has 44 heteroatoms. The topological polar surface area (TPSA) is 593 Å². The van der Waals surface area contributed by atoms with Crippen molar-refractivity contribution >= 4 is 122 Å². The summed E-state index contributed by atoms with van der Waals surface area (Å²) in [4.78, 5) is 236. The minimum absolute atomic E-state index is 0.00834. The van der Waals surface area contributed by atoms with Crippen molar-refractivity contribution in [3.05, 3.63) is 35.9 Å². The molecule has 4 aliphatic heterocycles. The Morgan fingerprint density at radius 2 is 1.03 bits per heavy atom. The van der Waals surface area contributed by atoms with Crippen molar-refractivity contribution in [1.82, 2.24) is 77.3 Å². The number of unbranched alkanes of at least 4 members (excludes halogenated alkanes) is 1. The number of rotatable bonds is 42. The lowest BCUT2D eigenvalue weighted by Gasteiger charge is -2.33. The average Bonchev–Trinajstić information content (AvgIpc) is 1.64. The van der Waals surface area contributed by atoms with Crippen LogP contribution in [-0.2, 0) is 102 Å². The molecule has 660 valence electrons. The van der Waals surface area contributed by atoms with E-state index in [1.807, 2.05) is 11.8 Å². The van der Waals surface area contributed by atoms with E-state index in [-0.39, 0.29) is 175 Å². The minimum Gasteiger partial charge on any atom is -0.481 e. The molecule has 118 heavy (non-hydrogen) atoms. The third kappa shape index (κ3) is 37.7. The van der Waals surface area contributed by atoms with Crippen LogP contribution < -0.4 is 53.6 Å². The highest BCUT2D eigenvalue weighted by Crippen LogP contribution is 2.29.